The topological polar surface area (TPSA) is 53.1 Å². The Morgan fingerprint density at radius 1 is 1.05 bits per heavy atom. The van der Waals surface area contributed by atoms with E-state index in [9.17, 15) is 8.42 Å². The van der Waals surface area contributed by atoms with E-state index in [4.69, 9.17) is 4.74 Å². The second kappa shape index (κ2) is 7.57. The van der Waals surface area contributed by atoms with Crippen molar-refractivity contribution in [3.8, 4) is 0 Å². The zero-order chi connectivity index (χ0) is 16.2. The van der Waals surface area contributed by atoms with Crippen molar-refractivity contribution in [2.45, 2.75) is 19.8 Å². The highest BCUT2D eigenvalue weighted by Crippen LogP contribution is 2.33. The molecule has 2 heterocycles. The predicted octanol–water partition coefficient (Wildman–Crippen LogP) is 0.312. The van der Waals surface area contributed by atoms with Crippen molar-refractivity contribution in [1.82, 2.24) is 14.1 Å². The van der Waals surface area contributed by atoms with Crippen molar-refractivity contribution in [2.24, 2.45) is 5.41 Å². The molecule has 0 aliphatic carbocycles. The van der Waals surface area contributed by atoms with Crippen molar-refractivity contribution in [3.05, 3.63) is 0 Å². The van der Waals surface area contributed by atoms with Gasteiger partial charge in [-0.1, -0.05) is 6.92 Å². The maximum absolute atomic E-state index is 12.2. The molecule has 0 spiro atoms. The number of piperazine rings is 1. The number of nitrogens with zero attached hydrogens (tertiary/aromatic N) is 3. The van der Waals surface area contributed by atoms with Gasteiger partial charge >= 0.3 is 0 Å². The Hall–Kier alpha value is -0.210. The third-order valence-electron chi connectivity index (χ3n) is 5.07. The molecule has 22 heavy (non-hydrogen) atoms. The molecule has 2 rings (SSSR count). The first-order chi connectivity index (χ1) is 10.3. The van der Waals surface area contributed by atoms with E-state index in [-0.39, 0.29) is 17.8 Å². The van der Waals surface area contributed by atoms with E-state index in [0.717, 1.165) is 45.6 Å². The van der Waals surface area contributed by atoms with Gasteiger partial charge in [-0.25, -0.2) is 12.7 Å². The van der Waals surface area contributed by atoms with Gasteiger partial charge < -0.3 is 14.5 Å². The van der Waals surface area contributed by atoms with Crippen molar-refractivity contribution in [3.63, 3.8) is 0 Å². The van der Waals surface area contributed by atoms with Gasteiger partial charge in [0.25, 0.3) is 0 Å². The molecule has 2 fully saturated rings. The molecular formula is C15H31N3O3S. The zero-order valence-electron chi connectivity index (χ0n) is 14.3. The molecule has 7 heteroatoms. The van der Waals surface area contributed by atoms with Gasteiger partial charge in [0, 0.05) is 52.9 Å². The summed E-state index contributed by atoms with van der Waals surface area (Å²) in [6.45, 7) is 9.49. The summed E-state index contributed by atoms with van der Waals surface area (Å²) in [7, 11) is 0.562. The Morgan fingerprint density at radius 3 is 2.18 bits per heavy atom. The minimum atomic E-state index is -3.15. The van der Waals surface area contributed by atoms with Crippen LogP contribution in [0.3, 0.4) is 0 Å². The third kappa shape index (κ3) is 4.89. The average Bonchev–Trinajstić information content (AvgIpc) is 2.48. The van der Waals surface area contributed by atoms with Crippen molar-refractivity contribution in [1.29, 1.82) is 0 Å². The minimum Gasteiger partial charge on any atom is -0.384 e. The highest BCUT2D eigenvalue weighted by molar-refractivity contribution is 7.89. The van der Waals surface area contributed by atoms with Crippen LogP contribution in [-0.2, 0) is 14.8 Å². The number of rotatable bonds is 6. The number of hydrogen-bond acceptors (Lipinski definition) is 5. The molecule has 2 aliphatic heterocycles. The molecule has 0 radical (unpaired) electrons. The summed E-state index contributed by atoms with van der Waals surface area (Å²) in [6.07, 6.45) is 1.90. The van der Waals surface area contributed by atoms with Crippen molar-refractivity contribution < 1.29 is 13.2 Å². The Kier molecular flexibility index (Phi) is 6.24. The smallest absolute Gasteiger partial charge is 0.216 e. The molecule has 0 atom stereocenters. The number of likely N-dealkylation sites (N-methyl/N-ethyl adjacent to an activating group) is 1. The molecule has 0 N–H and O–H groups in total. The number of sulfonamides is 1. The monoisotopic (exact) mass is 333 g/mol. The maximum Gasteiger partial charge on any atom is 0.216 e. The number of piperidine rings is 1. The van der Waals surface area contributed by atoms with Gasteiger partial charge in [0.1, 0.15) is 0 Å². The maximum atomic E-state index is 12.2. The number of hydrogen-bond donors (Lipinski definition) is 0. The first-order valence-corrected chi connectivity index (χ1v) is 9.83. The molecular weight excluding hydrogens is 302 g/mol. The lowest BCUT2D eigenvalue weighted by molar-refractivity contribution is 0.0724. The van der Waals surface area contributed by atoms with Crippen LogP contribution in [-0.4, -0.2) is 94.9 Å². The van der Waals surface area contributed by atoms with Crippen molar-refractivity contribution >= 4 is 10.0 Å². The summed E-state index contributed by atoms with van der Waals surface area (Å²) in [5, 5.41) is 0. The van der Waals surface area contributed by atoms with Crippen LogP contribution in [0.25, 0.3) is 0 Å². The van der Waals surface area contributed by atoms with Crippen LogP contribution in [0.5, 0.6) is 0 Å². The van der Waals surface area contributed by atoms with E-state index >= 15 is 0 Å². The number of methoxy groups -OCH3 is 1. The normalized spacial score (nSPS) is 25.4. The first-order valence-electron chi connectivity index (χ1n) is 8.22. The fraction of sp³-hybridized carbons (Fsp3) is 1.00. The largest absolute Gasteiger partial charge is 0.384 e. The fourth-order valence-electron chi connectivity index (χ4n) is 3.33. The van der Waals surface area contributed by atoms with Gasteiger partial charge in [-0.05, 0) is 25.3 Å². The zero-order valence-corrected chi connectivity index (χ0v) is 15.1. The molecule has 0 amide bonds. The first kappa shape index (κ1) is 18.1. The van der Waals surface area contributed by atoms with E-state index in [0.29, 0.717) is 13.1 Å². The van der Waals surface area contributed by atoms with Gasteiger partial charge in [0.15, 0.2) is 0 Å². The van der Waals surface area contributed by atoms with E-state index in [1.807, 2.05) is 0 Å². The summed E-state index contributed by atoms with van der Waals surface area (Å²) < 4.78 is 31.0. The highest BCUT2D eigenvalue weighted by Gasteiger charge is 2.36. The molecule has 0 unspecified atom stereocenters. The molecule has 130 valence electrons. The Bertz CT molecular complexity index is 439. The van der Waals surface area contributed by atoms with Crippen LogP contribution in [0.1, 0.15) is 19.8 Å². The van der Waals surface area contributed by atoms with E-state index < -0.39 is 10.0 Å². The molecule has 2 aliphatic rings. The fourth-order valence-corrected chi connectivity index (χ4v) is 4.70. The molecule has 0 saturated carbocycles. The molecule has 0 aromatic heterocycles. The Balaban J connectivity index is 1.82. The van der Waals surface area contributed by atoms with Crippen LogP contribution in [0, 0.1) is 5.41 Å². The summed E-state index contributed by atoms with van der Waals surface area (Å²) in [6, 6.07) is 0. The summed E-state index contributed by atoms with van der Waals surface area (Å²) in [5.74, 6) is 0.0959. The van der Waals surface area contributed by atoms with Gasteiger partial charge in [-0.15, -0.1) is 0 Å². The average molecular weight is 333 g/mol. The van der Waals surface area contributed by atoms with Crippen molar-refractivity contribution in [2.75, 3.05) is 72.3 Å². The van der Waals surface area contributed by atoms with Gasteiger partial charge in [0.2, 0.25) is 10.0 Å². The number of ether oxygens (including phenoxy) is 1. The predicted molar refractivity (Wildman–Crippen MR) is 88.5 cm³/mol. The van der Waals surface area contributed by atoms with E-state index in [2.05, 4.69) is 23.8 Å². The highest BCUT2D eigenvalue weighted by atomic mass is 32.2. The van der Waals surface area contributed by atoms with Crippen LogP contribution in [0.4, 0.5) is 0 Å². The SMILES string of the molecule is COCCS(=O)(=O)N1CCC(C)(CN2CCN(C)CC2)CC1. The Morgan fingerprint density at radius 2 is 1.64 bits per heavy atom. The Labute approximate surface area is 135 Å². The second-order valence-corrected chi connectivity index (χ2v) is 9.19. The lowest BCUT2D eigenvalue weighted by Gasteiger charge is -2.43. The lowest BCUT2D eigenvalue weighted by Crippen LogP contribution is -2.51. The minimum absolute atomic E-state index is 0.0959. The molecule has 0 aromatic rings. The van der Waals surface area contributed by atoms with Crippen LogP contribution in [0.15, 0.2) is 0 Å². The standard InChI is InChI=1S/C15H31N3O3S/c1-15(14-17-10-8-16(2)9-11-17)4-6-18(7-5-15)22(19,20)13-12-21-3/h4-14H2,1-3H3. The summed E-state index contributed by atoms with van der Waals surface area (Å²) in [4.78, 5) is 4.90. The quantitative estimate of drug-likeness (QED) is 0.700. The molecule has 0 bridgehead atoms. The van der Waals surface area contributed by atoms with Gasteiger partial charge in [-0.3, -0.25) is 0 Å². The molecule has 2 saturated heterocycles. The summed E-state index contributed by atoms with van der Waals surface area (Å²) >= 11 is 0. The summed E-state index contributed by atoms with van der Waals surface area (Å²) in [5.41, 5.74) is 0.239. The van der Waals surface area contributed by atoms with Gasteiger partial charge in [0.05, 0.1) is 12.4 Å². The third-order valence-corrected chi connectivity index (χ3v) is 6.90. The van der Waals surface area contributed by atoms with Crippen LogP contribution >= 0.6 is 0 Å². The lowest BCUT2D eigenvalue weighted by atomic mass is 9.80. The van der Waals surface area contributed by atoms with E-state index in [1.54, 1.807) is 11.4 Å². The molecule has 0 aromatic carbocycles. The van der Waals surface area contributed by atoms with Crippen LogP contribution in [0.2, 0.25) is 0 Å². The van der Waals surface area contributed by atoms with E-state index in [1.165, 1.54) is 0 Å². The van der Waals surface area contributed by atoms with Gasteiger partial charge in [-0.2, -0.15) is 0 Å². The molecule has 6 nitrogen and oxygen atoms in total. The van der Waals surface area contributed by atoms with Crippen LogP contribution < -0.4 is 0 Å². The second-order valence-electron chi connectivity index (χ2n) is 7.10.